The lowest BCUT2D eigenvalue weighted by molar-refractivity contribution is -0.165. The molecule has 2 atom stereocenters. The van der Waals surface area contributed by atoms with Crippen molar-refractivity contribution in [1.29, 1.82) is 0 Å². The van der Waals surface area contributed by atoms with Gasteiger partial charge in [-0.3, -0.25) is 18.8 Å². The number of carboxylic acid groups (broad SMARTS) is 2. The van der Waals surface area contributed by atoms with E-state index >= 15 is 0 Å². The van der Waals surface area contributed by atoms with Crippen LogP contribution in [0.4, 0.5) is 0 Å². The van der Waals surface area contributed by atoms with Gasteiger partial charge in [0.1, 0.15) is 0 Å². The summed E-state index contributed by atoms with van der Waals surface area (Å²) in [5.74, 6) is -3.54. The second-order valence-electron chi connectivity index (χ2n) is 6.67. The van der Waals surface area contributed by atoms with Gasteiger partial charge in [0.25, 0.3) is 5.56 Å². The molecule has 0 amide bonds. The lowest BCUT2D eigenvalue weighted by Gasteiger charge is -2.20. The van der Waals surface area contributed by atoms with Gasteiger partial charge < -0.3 is 35.2 Å². The van der Waals surface area contributed by atoms with Crippen molar-refractivity contribution < 1.29 is 40.2 Å². The maximum Gasteiger partial charge on any atom is 0.335 e. The van der Waals surface area contributed by atoms with Crippen LogP contribution in [-0.4, -0.2) is 111 Å². The summed E-state index contributed by atoms with van der Waals surface area (Å²) in [6, 6.07) is 0. The molecule has 0 fully saturated rings. The molecule has 2 aromatic rings. The average Bonchev–Trinajstić information content (AvgIpc) is 3.18. The summed E-state index contributed by atoms with van der Waals surface area (Å²) in [5, 5.41) is 50.5. The predicted molar refractivity (Wildman–Crippen MR) is 108 cm³/mol. The SMILES string of the molecule is Cn1c(=O)c2c(ncn2CCN(CCO)CCO)n(C)c1=O.O=C(O)[C@H](O)[C@@H](O)C(=O)O. The first-order valence-electron chi connectivity index (χ1n) is 9.34. The second-order valence-corrected chi connectivity index (χ2v) is 6.67. The van der Waals surface area contributed by atoms with Gasteiger partial charge in [-0.05, 0) is 0 Å². The Morgan fingerprint density at radius 3 is 1.91 bits per heavy atom. The summed E-state index contributed by atoms with van der Waals surface area (Å²) in [7, 11) is 3.01. The number of aliphatic carboxylic acids is 2. The van der Waals surface area contributed by atoms with Gasteiger partial charge in [0.05, 0.1) is 19.5 Å². The van der Waals surface area contributed by atoms with E-state index in [0.717, 1.165) is 4.57 Å². The molecule has 0 aliphatic rings. The molecule has 2 aromatic heterocycles. The van der Waals surface area contributed by atoms with E-state index in [2.05, 4.69) is 4.98 Å². The van der Waals surface area contributed by atoms with Crippen molar-refractivity contribution in [2.75, 3.05) is 32.8 Å². The molecule has 0 saturated carbocycles. The van der Waals surface area contributed by atoms with Crippen LogP contribution in [0.1, 0.15) is 0 Å². The number of carbonyl (C=O) groups is 2. The fourth-order valence-electron chi connectivity index (χ4n) is 2.70. The van der Waals surface area contributed by atoms with E-state index in [1.165, 1.54) is 17.9 Å². The van der Waals surface area contributed by atoms with Crippen LogP contribution in [0.2, 0.25) is 0 Å². The number of aliphatic hydroxyl groups is 4. The van der Waals surface area contributed by atoms with Gasteiger partial charge in [-0.25, -0.2) is 19.4 Å². The molecule has 180 valence electrons. The van der Waals surface area contributed by atoms with Crippen molar-refractivity contribution in [2.45, 2.75) is 18.8 Å². The van der Waals surface area contributed by atoms with E-state index in [0.29, 0.717) is 37.3 Å². The Kier molecular flexibility index (Phi) is 10.1. The van der Waals surface area contributed by atoms with Crippen LogP contribution >= 0.6 is 0 Å². The Labute approximate surface area is 180 Å². The molecule has 0 unspecified atom stereocenters. The maximum atomic E-state index is 12.3. The largest absolute Gasteiger partial charge is 0.479 e. The van der Waals surface area contributed by atoms with Gasteiger partial charge >= 0.3 is 17.6 Å². The molecule has 15 heteroatoms. The van der Waals surface area contributed by atoms with E-state index < -0.39 is 29.8 Å². The van der Waals surface area contributed by atoms with Crippen molar-refractivity contribution in [3.05, 3.63) is 27.2 Å². The molecule has 0 radical (unpaired) electrons. The van der Waals surface area contributed by atoms with Crippen molar-refractivity contribution >= 4 is 23.1 Å². The Morgan fingerprint density at radius 2 is 1.47 bits per heavy atom. The molecule has 0 aromatic carbocycles. The number of hydrogen-bond acceptors (Lipinski definition) is 10. The van der Waals surface area contributed by atoms with E-state index in [-0.39, 0.29) is 18.8 Å². The van der Waals surface area contributed by atoms with Crippen LogP contribution in [0.5, 0.6) is 0 Å². The minimum atomic E-state index is -2.27. The average molecular weight is 461 g/mol. The standard InChI is InChI=1S/C13H21N5O4.C4H6O6/c1-15-11-10(12(21)16(2)13(15)22)18(9-14-11)4-3-17(5-7-19)6-8-20;5-1(3(7)8)2(6)4(9)10/h9,19-20H,3-8H2,1-2H3;1-2,5-6H,(H,7,8)(H,9,10)/t;1-,2-/m.1/s1. The van der Waals surface area contributed by atoms with Crippen LogP contribution in [-0.2, 0) is 30.2 Å². The fourth-order valence-corrected chi connectivity index (χ4v) is 2.70. The van der Waals surface area contributed by atoms with Gasteiger partial charge in [-0.15, -0.1) is 0 Å². The molecule has 32 heavy (non-hydrogen) atoms. The van der Waals surface area contributed by atoms with E-state index in [4.69, 9.17) is 30.6 Å². The van der Waals surface area contributed by atoms with Crippen LogP contribution in [0, 0.1) is 0 Å². The highest BCUT2D eigenvalue weighted by molar-refractivity contribution is 5.83. The zero-order valence-corrected chi connectivity index (χ0v) is 17.5. The zero-order chi connectivity index (χ0) is 24.6. The molecule has 0 saturated heterocycles. The van der Waals surface area contributed by atoms with Gasteiger partial charge in [-0.2, -0.15) is 0 Å². The van der Waals surface area contributed by atoms with Crippen molar-refractivity contribution in [2.24, 2.45) is 14.1 Å². The van der Waals surface area contributed by atoms with Crippen molar-refractivity contribution in [3.63, 3.8) is 0 Å². The van der Waals surface area contributed by atoms with Gasteiger partial charge in [0, 0.05) is 40.3 Å². The highest BCUT2D eigenvalue weighted by Gasteiger charge is 2.29. The van der Waals surface area contributed by atoms with Crippen molar-refractivity contribution in [3.8, 4) is 0 Å². The van der Waals surface area contributed by atoms with E-state index in [9.17, 15) is 19.2 Å². The number of hydrogen-bond donors (Lipinski definition) is 6. The second kappa shape index (κ2) is 12.1. The summed E-state index contributed by atoms with van der Waals surface area (Å²) in [4.78, 5) is 49.7. The molecule has 2 rings (SSSR count). The number of aliphatic hydroxyl groups excluding tert-OH is 4. The minimum Gasteiger partial charge on any atom is -0.479 e. The van der Waals surface area contributed by atoms with E-state index in [1.54, 1.807) is 11.6 Å². The normalized spacial score (nSPS) is 13.0. The summed E-state index contributed by atoms with van der Waals surface area (Å²) in [6.45, 7) is 1.93. The monoisotopic (exact) mass is 461 g/mol. The van der Waals surface area contributed by atoms with Crippen LogP contribution in [0.15, 0.2) is 15.9 Å². The number of nitrogens with zero attached hydrogens (tertiary/aromatic N) is 5. The molecule has 15 nitrogen and oxygen atoms in total. The minimum absolute atomic E-state index is 0.000936. The van der Waals surface area contributed by atoms with Gasteiger partial charge in [-0.1, -0.05) is 0 Å². The molecular weight excluding hydrogens is 434 g/mol. The molecule has 0 spiro atoms. The highest BCUT2D eigenvalue weighted by atomic mass is 16.4. The third-order valence-electron chi connectivity index (χ3n) is 4.51. The number of aromatic nitrogens is 4. The third kappa shape index (κ3) is 6.44. The molecule has 6 N–H and O–H groups in total. The first-order valence-corrected chi connectivity index (χ1v) is 9.34. The fraction of sp³-hybridized carbons (Fsp3) is 0.588. The summed E-state index contributed by atoms with van der Waals surface area (Å²) < 4.78 is 4.09. The number of imidazole rings is 1. The number of fused-ring (bicyclic) bond motifs is 1. The third-order valence-corrected chi connectivity index (χ3v) is 4.51. The molecule has 2 heterocycles. The van der Waals surface area contributed by atoms with Gasteiger partial charge in [0.2, 0.25) is 0 Å². The van der Waals surface area contributed by atoms with E-state index in [1.807, 2.05) is 4.90 Å². The number of aryl methyl sites for hydroxylation is 1. The van der Waals surface area contributed by atoms with Crippen LogP contribution in [0.3, 0.4) is 0 Å². The Morgan fingerprint density at radius 1 is 0.969 bits per heavy atom. The number of carboxylic acids is 2. The molecule has 0 aliphatic heterocycles. The number of rotatable bonds is 10. The molecular formula is C17H27N5O10. The quantitative estimate of drug-likeness (QED) is 0.197. The smallest absolute Gasteiger partial charge is 0.335 e. The van der Waals surface area contributed by atoms with Crippen LogP contribution in [0.25, 0.3) is 11.2 Å². The lowest BCUT2D eigenvalue weighted by Crippen LogP contribution is -2.39. The first kappa shape index (κ1) is 26.9. The highest BCUT2D eigenvalue weighted by Crippen LogP contribution is 2.05. The Balaban J connectivity index is 0.000000433. The Bertz CT molecular complexity index is 1020. The summed E-state index contributed by atoms with van der Waals surface area (Å²) in [5.41, 5.74) is -0.0714. The predicted octanol–water partition coefficient (Wildman–Crippen LogP) is -4.40. The lowest BCUT2D eigenvalue weighted by atomic mass is 10.2. The maximum absolute atomic E-state index is 12.3. The van der Waals surface area contributed by atoms with Crippen LogP contribution < -0.4 is 11.2 Å². The molecule has 0 aliphatic carbocycles. The van der Waals surface area contributed by atoms with Crippen molar-refractivity contribution in [1.82, 2.24) is 23.6 Å². The zero-order valence-electron chi connectivity index (χ0n) is 17.5. The van der Waals surface area contributed by atoms with Gasteiger partial charge in [0.15, 0.2) is 23.4 Å². The Hall–Kier alpha value is -3.11. The molecule has 0 bridgehead atoms. The first-order chi connectivity index (χ1) is 15.0. The summed E-state index contributed by atoms with van der Waals surface area (Å²) >= 11 is 0. The topological polar surface area (TPSA) is 221 Å². The summed E-state index contributed by atoms with van der Waals surface area (Å²) in [6.07, 6.45) is -3.00.